The number of hydrogen-bond acceptors (Lipinski definition) is 3. The summed E-state index contributed by atoms with van der Waals surface area (Å²) < 4.78 is 5.37. The fraction of sp³-hybridized carbons (Fsp3) is 0.571. The number of rotatable bonds is 5. The molecule has 2 aliphatic heterocycles. The highest BCUT2D eigenvalue weighted by atomic mass is 16.5. The molecule has 1 N–H and O–H groups in total. The molecule has 0 aromatic heterocycles. The SMILES string of the molecule is CN=C(NCCC1=CCOCC1)N1CCN(Cc2cccc(C)c2)CC1. The first kappa shape index (κ1) is 18.9. The molecule has 2 aliphatic rings. The maximum Gasteiger partial charge on any atom is 0.193 e. The molecule has 1 aromatic rings. The summed E-state index contributed by atoms with van der Waals surface area (Å²) in [6, 6.07) is 8.83. The Kier molecular flexibility index (Phi) is 7.09. The van der Waals surface area contributed by atoms with E-state index in [4.69, 9.17) is 4.74 Å². The molecule has 0 saturated carbocycles. The van der Waals surface area contributed by atoms with Crippen LogP contribution in [0.25, 0.3) is 0 Å². The molecule has 2 heterocycles. The van der Waals surface area contributed by atoms with E-state index in [2.05, 4.69) is 57.4 Å². The van der Waals surface area contributed by atoms with Crippen LogP contribution in [0.4, 0.5) is 0 Å². The molecular formula is C21H32N4O. The van der Waals surface area contributed by atoms with Crippen molar-refractivity contribution >= 4 is 5.96 Å². The monoisotopic (exact) mass is 356 g/mol. The smallest absolute Gasteiger partial charge is 0.193 e. The molecule has 142 valence electrons. The number of benzene rings is 1. The Morgan fingerprint density at radius 3 is 2.77 bits per heavy atom. The third-order valence-corrected chi connectivity index (χ3v) is 5.16. The van der Waals surface area contributed by atoms with E-state index in [1.165, 1.54) is 16.7 Å². The van der Waals surface area contributed by atoms with E-state index in [0.29, 0.717) is 0 Å². The van der Waals surface area contributed by atoms with Gasteiger partial charge in [-0.15, -0.1) is 0 Å². The third-order valence-electron chi connectivity index (χ3n) is 5.16. The number of guanidine groups is 1. The average Bonchev–Trinajstić information content (AvgIpc) is 2.67. The Balaban J connectivity index is 1.41. The van der Waals surface area contributed by atoms with Crippen LogP contribution in [0.15, 0.2) is 40.9 Å². The van der Waals surface area contributed by atoms with Gasteiger partial charge in [0.25, 0.3) is 0 Å². The second kappa shape index (κ2) is 9.74. The lowest BCUT2D eigenvalue weighted by Gasteiger charge is -2.36. The minimum absolute atomic E-state index is 0.771. The van der Waals surface area contributed by atoms with Crippen LogP contribution < -0.4 is 5.32 Å². The summed E-state index contributed by atoms with van der Waals surface area (Å²) in [7, 11) is 1.88. The minimum atomic E-state index is 0.771. The topological polar surface area (TPSA) is 40.1 Å². The van der Waals surface area contributed by atoms with Crippen molar-refractivity contribution in [2.75, 3.05) is 53.0 Å². The molecule has 5 nitrogen and oxygen atoms in total. The van der Waals surface area contributed by atoms with Gasteiger partial charge in [0.1, 0.15) is 0 Å². The van der Waals surface area contributed by atoms with E-state index in [1.54, 1.807) is 0 Å². The van der Waals surface area contributed by atoms with Gasteiger partial charge in [0.05, 0.1) is 13.2 Å². The second-order valence-corrected chi connectivity index (χ2v) is 7.16. The van der Waals surface area contributed by atoms with Gasteiger partial charge in [0, 0.05) is 46.3 Å². The first-order valence-corrected chi connectivity index (χ1v) is 9.74. The van der Waals surface area contributed by atoms with E-state index < -0.39 is 0 Å². The van der Waals surface area contributed by atoms with Crippen LogP contribution in [-0.2, 0) is 11.3 Å². The summed E-state index contributed by atoms with van der Waals surface area (Å²) >= 11 is 0. The highest BCUT2D eigenvalue weighted by molar-refractivity contribution is 5.80. The number of hydrogen-bond donors (Lipinski definition) is 1. The fourth-order valence-corrected chi connectivity index (χ4v) is 3.65. The minimum Gasteiger partial charge on any atom is -0.377 e. The molecule has 0 amide bonds. The molecule has 1 fully saturated rings. The number of aliphatic imine (C=N–C) groups is 1. The van der Waals surface area contributed by atoms with Gasteiger partial charge in [0.15, 0.2) is 5.96 Å². The second-order valence-electron chi connectivity index (χ2n) is 7.16. The largest absolute Gasteiger partial charge is 0.377 e. The Hall–Kier alpha value is -1.85. The van der Waals surface area contributed by atoms with Crippen molar-refractivity contribution in [3.8, 4) is 0 Å². The molecule has 3 rings (SSSR count). The van der Waals surface area contributed by atoms with Crippen molar-refractivity contribution in [1.29, 1.82) is 0 Å². The Morgan fingerprint density at radius 2 is 2.08 bits per heavy atom. The van der Waals surface area contributed by atoms with Crippen molar-refractivity contribution in [3.63, 3.8) is 0 Å². The third kappa shape index (κ3) is 5.58. The fourth-order valence-electron chi connectivity index (χ4n) is 3.65. The molecular weight excluding hydrogens is 324 g/mol. The molecule has 26 heavy (non-hydrogen) atoms. The van der Waals surface area contributed by atoms with E-state index >= 15 is 0 Å². The zero-order valence-electron chi connectivity index (χ0n) is 16.2. The van der Waals surface area contributed by atoms with Crippen LogP contribution in [0.1, 0.15) is 24.0 Å². The molecule has 0 bridgehead atoms. The van der Waals surface area contributed by atoms with Gasteiger partial charge in [-0.3, -0.25) is 9.89 Å². The van der Waals surface area contributed by atoms with Crippen LogP contribution in [0.3, 0.4) is 0 Å². The molecule has 0 radical (unpaired) electrons. The van der Waals surface area contributed by atoms with Gasteiger partial charge >= 0.3 is 0 Å². The van der Waals surface area contributed by atoms with Crippen LogP contribution in [0.5, 0.6) is 0 Å². The van der Waals surface area contributed by atoms with E-state index in [-0.39, 0.29) is 0 Å². The molecule has 0 spiro atoms. The molecule has 5 heteroatoms. The van der Waals surface area contributed by atoms with Crippen molar-refractivity contribution in [2.24, 2.45) is 4.99 Å². The summed E-state index contributed by atoms with van der Waals surface area (Å²) in [4.78, 5) is 9.40. The van der Waals surface area contributed by atoms with Gasteiger partial charge in [-0.2, -0.15) is 0 Å². The highest BCUT2D eigenvalue weighted by Crippen LogP contribution is 2.12. The van der Waals surface area contributed by atoms with Crippen molar-refractivity contribution in [3.05, 3.63) is 47.0 Å². The maximum absolute atomic E-state index is 5.37. The maximum atomic E-state index is 5.37. The quantitative estimate of drug-likeness (QED) is 0.500. The predicted octanol–water partition coefficient (Wildman–Crippen LogP) is 2.42. The molecule has 1 saturated heterocycles. The van der Waals surface area contributed by atoms with Gasteiger partial charge < -0.3 is 15.0 Å². The molecule has 0 unspecified atom stereocenters. The van der Waals surface area contributed by atoms with Gasteiger partial charge in [-0.1, -0.05) is 41.5 Å². The lowest BCUT2D eigenvalue weighted by molar-refractivity contribution is 0.153. The standard InChI is InChI=1S/C21H32N4O/c1-18-4-3-5-20(16-18)17-24-10-12-25(13-11-24)21(22-2)23-9-6-19-7-14-26-15-8-19/h3-5,7,16H,6,8-15,17H2,1-2H3,(H,22,23). The number of ether oxygens (including phenoxy) is 1. The molecule has 0 atom stereocenters. The van der Waals surface area contributed by atoms with Gasteiger partial charge in [0.2, 0.25) is 0 Å². The molecule has 1 aromatic carbocycles. The summed E-state index contributed by atoms with van der Waals surface area (Å²) in [6.45, 7) is 10.0. The normalized spacial score (nSPS) is 19.4. The van der Waals surface area contributed by atoms with Crippen LogP contribution >= 0.6 is 0 Å². The van der Waals surface area contributed by atoms with Gasteiger partial charge in [-0.25, -0.2) is 0 Å². The summed E-state index contributed by atoms with van der Waals surface area (Å²) in [6.07, 6.45) is 4.37. The first-order chi connectivity index (χ1) is 12.7. The zero-order chi connectivity index (χ0) is 18.2. The Labute approximate surface area is 157 Å². The van der Waals surface area contributed by atoms with Crippen LogP contribution in [-0.4, -0.2) is 68.7 Å². The number of nitrogens with one attached hydrogen (secondary N) is 1. The average molecular weight is 357 g/mol. The van der Waals surface area contributed by atoms with Crippen LogP contribution in [0.2, 0.25) is 0 Å². The Morgan fingerprint density at radius 1 is 1.23 bits per heavy atom. The number of aryl methyl sites for hydroxylation is 1. The summed E-state index contributed by atoms with van der Waals surface area (Å²) in [5.74, 6) is 1.04. The zero-order valence-corrected chi connectivity index (χ0v) is 16.2. The Bertz CT molecular complexity index is 633. The van der Waals surface area contributed by atoms with Crippen molar-refractivity contribution < 1.29 is 4.74 Å². The van der Waals surface area contributed by atoms with Gasteiger partial charge in [-0.05, 0) is 25.3 Å². The predicted molar refractivity (Wildman–Crippen MR) is 108 cm³/mol. The summed E-state index contributed by atoms with van der Waals surface area (Å²) in [5.41, 5.74) is 4.25. The van der Waals surface area contributed by atoms with E-state index in [1.807, 2.05) is 7.05 Å². The summed E-state index contributed by atoms with van der Waals surface area (Å²) in [5, 5.41) is 3.53. The van der Waals surface area contributed by atoms with Crippen molar-refractivity contribution in [1.82, 2.24) is 15.1 Å². The molecule has 0 aliphatic carbocycles. The highest BCUT2D eigenvalue weighted by Gasteiger charge is 2.19. The lowest BCUT2D eigenvalue weighted by Crippen LogP contribution is -2.52. The van der Waals surface area contributed by atoms with E-state index in [9.17, 15) is 0 Å². The van der Waals surface area contributed by atoms with Crippen molar-refractivity contribution in [2.45, 2.75) is 26.3 Å². The number of nitrogens with zero attached hydrogens (tertiary/aromatic N) is 3. The lowest BCUT2D eigenvalue weighted by atomic mass is 10.1. The first-order valence-electron chi connectivity index (χ1n) is 9.74. The van der Waals surface area contributed by atoms with Crippen LogP contribution in [0, 0.1) is 6.92 Å². The number of piperazine rings is 1. The van der Waals surface area contributed by atoms with E-state index in [0.717, 1.165) is 71.3 Å².